The van der Waals surface area contributed by atoms with Crippen LogP contribution in [0.5, 0.6) is 0 Å². The molecule has 0 bridgehead atoms. The molecular formula is C13H20N4O2. The lowest BCUT2D eigenvalue weighted by Gasteiger charge is -2.27. The number of ether oxygens (including phenoxy) is 1. The second kappa shape index (κ2) is 6.38. The quantitative estimate of drug-likeness (QED) is 0.361. The van der Waals surface area contributed by atoms with Crippen LogP contribution in [0.3, 0.4) is 0 Å². The van der Waals surface area contributed by atoms with Crippen LogP contribution in [0.1, 0.15) is 25.3 Å². The number of rotatable bonds is 5. The van der Waals surface area contributed by atoms with Crippen LogP contribution >= 0.6 is 0 Å². The van der Waals surface area contributed by atoms with Crippen molar-refractivity contribution in [1.82, 2.24) is 4.98 Å². The van der Waals surface area contributed by atoms with Gasteiger partial charge in [-0.2, -0.15) is 0 Å². The molecule has 1 aromatic heterocycles. The van der Waals surface area contributed by atoms with Gasteiger partial charge in [-0.25, -0.2) is 0 Å². The maximum Gasteiger partial charge on any atom is 0.172 e. The summed E-state index contributed by atoms with van der Waals surface area (Å²) in [6, 6.07) is 1.75. The summed E-state index contributed by atoms with van der Waals surface area (Å²) in [5, 5.41) is 11.9. The molecule has 1 fully saturated rings. The fraction of sp³-hybridized carbons (Fsp3) is 0.538. The Balaban J connectivity index is 2.22. The summed E-state index contributed by atoms with van der Waals surface area (Å²) in [4.78, 5) is 6.28. The molecule has 0 amide bonds. The third-order valence-corrected chi connectivity index (χ3v) is 3.35. The van der Waals surface area contributed by atoms with Crippen LogP contribution in [-0.2, 0) is 4.74 Å². The molecule has 1 unspecified atom stereocenters. The minimum absolute atomic E-state index is 0.100. The van der Waals surface area contributed by atoms with Gasteiger partial charge in [0.1, 0.15) is 0 Å². The first-order chi connectivity index (χ1) is 9.26. The zero-order chi connectivity index (χ0) is 13.7. The third-order valence-electron chi connectivity index (χ3n) is 3.35. The van der Waals surface area contributed by atoms with Gasteiger partial charge in [0.2, 0.25) is 0 Å². The smallest absolute Gasteiger partial charge is 0.172 e. The summed E-state index contributed by atoms with van der Waals surface area (Å²) in [7, 11) is 0. The van der Waals surface area contributed by atoms with Crippen LogP contribution in [0.2, 0.25) is 0 Å². The highest BCUT2D eigenvalue weighted by molar-refractivity contribution is 6.02. The number of pyridine rings is 1. The largest absolute Gasteiger partial charge is 0.409 e. The predicted octanol–water partition coefficient (Wildman–Crippen LogP) is 1.18. The van der Waals surface area contributed by atoms with Crippen LogP contribution in [0.25, 0.3) is 0 Å². The Morgan fingerprint density at radius 3 is 3.16 bits per heavy atom. The maximum absolute atomic E-state index is 8.85. The van der Waals surface area contributed by atoms with Gasteiger partial charge in [0.15, 0.2) is 5.84 Å². The fourth-order valence-corrected chi connectivity index (χ4v) is 2.34. The number of anilines is 1. The first kappa shape index (κ1) is 13.6. The van der Waals surface area contributed by atoms with Crippen molar-refractivity contribution < 1.29 is 9.94 Å². The van der Waals surface area contributed by atoms with Crippen LogP contribution < -0.4 is 10.6 Å². The molecule has 6 nitrogen and oxygen atoms in total. The Labute approximate surface area is 112 Å². The number of amidine groups is 1. The Kier molecular flexibility index (Phi) is 4.57. The lowest BCUT2D eigenvalue weighted by molar-refractivity contribution is 0.115. The van der Waals surface area contributed by atoms with Crippen molar-refractivity contribution in [2.75, 3.05) is 24.6 Å². The van der Waals surface area contributed by atoms with Gasteiger partial charge in [0, 0.05) is 31.5 Å². The highest BCUT2D eigenvalue weighted by Gasteiger charge is 2.21. The standard InChI is InChI=1S/C13H20N4O2/c1-2-17(9-10-4-3-7-19-10)12-8-15-6-5-11(12)13(14)16-18/h5-6,8,10,18H,2-4,7,9H2,1H3,(H2,14,16). The lowest BCUT2D eigenvalue weighted by atomic mass is 10.1. The predicted molar refractivity (Wildman–Crippen MR) is 73.6 cm³/mol. The summed E-state index contributed by atoms with van der Waals surface area (Å²) < 4.78 is 5.66. The number of nitrogens with two attached hydrogens (primary N) is 1. The number of aromatic nitrogens is 1. The molecule has 2 rings (SSSR count). The van der Waals surface area contributed by atoms with Gasteiger partial charge in [-0.15, -0.1) is 0 Å². The second-order valence-corrected chi connectivity index (χ2v) is 4.55. The van der Waals surface area contributed by atoms with Gasteiger partial charge in [0.25, 0.3) is 0 Å². The zero-order valence-corrected chi connectivity index (χ0v) is 11.1. The number of oxime groups is 1. The van der Waals surface area contributed by atoms with Gasteiger partial charge in [-0.05, 0) is 25.8 Å². The van der Waals surface area contributed by atoms with Gasteiger partial charge < -0.3 is 20.6 Å². The SMILES string of the molecule is CCN(CC1CCCO1)c1cnccc1/C(N)=N/O. The van der Waals surface area contributed by atoms with Crippen molar-refractivity contribution in [2.24, 2.45) is 10.9 Å². The van der Waals surface area contributed by atoms with Crippen LogP contribution in [0.15, 0.2) is 23.6 Å². The van der Waals surface area contributed by atoms with E-state index in [2.05, 4.69) is 22.0 Å². The normalized spacial score (nSPS) is 19.6. The van der Waals surface area contributed by atoms with E-state index >= 15 is 0 Å². The molecule has 6 heteroatoms. The molecule has 1 aliphatic heterocycles. The molecule has 1 atom stereocenters. The molecule has 0 radical (unpaired) electrons. The van der Waals surface area contributed by atoms with E-state index < -0.39 is 0 Å². The highest BCUT2D eigenvalue weighted by Crippen LogP contribution is 2.22. The molecule has 1 aliphatic rings. The van der Waals surface area contributed by atoms with Crippen LogP contribution in [0, 0.1) is 0 Å². The summed E-state index contributed by atoms with van der Waals surface area (Å²) >= 11 is 0. The van der Waals surface area contributed by atoms with E-state index in [0.717, 1.165) is 38.2 Å². The first-order valence-corrected chi connectivity index (χ1v) is 6.54. The first-order valence-electron chi connectivity index (χ1n) is 6.54. The summed E-state index contributed by atoms with van der Waals surface area (Å²) in [6.07, 6.45) is 5.82. The number of hydrogen-bond acceptors (Lipinski definition) is 5. The van der Waals surface area contributed by atoms with E-state index in [1.807, 2.05) is 0 Å². The molecular weight excluding hydrogens is 244 g/mol. The Bertz CT molecular complexity index is 444. The van der Waals surface area contributed by atoms with Gasteiger partial charge in [-0.1, -0.05) is 5.16 Å². The van der Waals surface area contributed by atoms with Crippen LogP contribution in [-0.4, -0.2) is 41.8 Å². The summed E-state index contributed by atoms with van der Waals surface area (Å²) in [6.45, 7) is 4.52. The van der Waals surface area contributed by atoms with Gasteiger partial charge in [-0.3, -0.25) is 4.98 Å². The molecule has 0 spiro atoms. The minimum atomic E-state index is 0.100. The van der Waals surface area contributed by atoms with E-state index in [4.69, 9.17) is 15.7 Å². The minimum Gasteiger partial charge on any atom is -0.409 e. The second-order valence-electron chi connectivity index (χ2n) is 4.55. The van der Waals surface area contributed by atoms with E-state index in [1.54, 1.807) is 18.5 Å². The van der Waals surface area contributed by atoms with Crippen molar-refractivity contribution in [2.45, 2.75) is 25.9 Å². The summed E-state index contributed by atoms with van der Waals surface area (Å²) in [5.41, 5.74) is 7.27. The molecule has 104 valence electrons. The van der Waals surface area contributed by atoms with Gasteiger partial charge in [0.05, 0.1) is 18.0 Å². The zero-order valence-electron chi connectivity index (χ0n) is 11.1. The molecule has 1 saturated heterocycles. The molecule has 1 aromatic rings. The van der Waals surface area contributed by atoms with Crippen LogP contribution in [0.4, 0.5) is 5.69 Å². The van der Waals surface area contributed by atoms with Crippen molar-refractivity contribution in [3.05, 3.63) is 24.0 Å². The van der Waals surface area contributed by atoms with E-state index in [-0.39, 0.29) is 11.9 Å². The van der Waals surface area contributed by atoms with E-state index in [9.17, 15) is 0 Å². The van der Waals surface area contributed by atoms with E-state index in [1.165, 1.54) is 0 Å². The molecule has 3 N–H and O–H groups in total. The molecule has 0 saturated carbocycles. The average Bonchev–Trinajstić information content (AvgIpc) is 2.97. The molecule has 2 heterocycles. The molecule has 0 aliphatic carbocycles. The van der Waals surface area contributed by atoms with Gasteiger partial charge >= 0.3 is 0 Å². The third kappa shape index (κ3) is 3.14. The van der Waals surface area contributed by atoms with Crippen molar-refractivity contribution >= 4 is 11.5 Å². The monoisotopic (exact) mass is 264 g/mol. The number of nitrogens with zero attached hydrogens (tertiary/aromatic N) is 3. The Hall–Kier alpha value is -1.82. The Morgan fingerprint density at radius 1 is 1.68 bits per heavy atom. The number of hydrogen-bond donors (Lipinski definition) is 2. The maximum atomic E-state index is 8.85. The average molecular weight is 264 g/mol. The topological polar surface area (TPSA) is 84.0 Å². The fourth-order valence-electron chi connectivity index (χ4n) is 2.34. The molecule has 19 heavy (non-hydrogen) atoms. The van der Waals surface area contributed by atoms with Crippen molar-refractivity contribution in [3.8, 4) is 0 Å². The van der Waals surface area contributed by atoms with E-state index in [0.29, 0.717) is 5.56 Å². The molecule has 0 aromatic carbocycles. The Morgan fingerprint density at radius 2 is 2.53 bits per heavy atom. The number of likely N-dealkylation sites (N-methyl/N-ethyl adjacent to an activating group) is 1. The summed E-state index contributed by atoms with van der Waals surface area (Å²) in [5.74, 6) is 0.100. The van der Waals surface area contributed by atoms with Crippen molar-refractivity contribution in [3.63, 3.8) is 0 Å². The van der Waals surface area contributed by atoms with Crippen molar-refractivity contribution in [1.29, 1.82) is 0 Å². The highest BCUT2D eigenvalue weighted by atomic mass is 16.5. The lowest BCUT2D eigenvalue weighted by Crippen LogP contribution is -2.33.